The van der Waals surface area contributed by atoms with E-state index in [0.717, 1.165) is 0 Å². The third kappa shape index (κ3) is 5.74. The summed E-state index contributed by atoms with van der Waals surface area (Å²) in [6.07, 6.45) is 0. The average Bonchev–Trinajstić information content (AvgIpc) is 2.27. The molecule has 0 fully saturated rings. The summed E-state index contributed by atoms with van der Waals surface area (Å²) in [5, 5.41) is 0. The first kappa shape index (κ1) is 14.9. The van der Waals surface area contributed by atoms with E-state index in [1.807, 2.05) is 0 Å². The van der Waals surface area contributed by atoms with Crippen LogP contribution in [0.2, 0.25) is 0 Å². The van der Waals surface area contributed by atoms with E-state index in [9.17, 15) is 9.36 Å². The normalized spacial score (nSPS) is 10.1. The van der Waals surface area contributed by atoms with E-state index >= 15 is 0 Å². The quantitative estimate of drug-likeness (QED) is 0.600. The maximum atomic E-state index is 9.97. The maximum Gasteiger partial charge on any atom is 0.584 e. The van der Waals surface area contributed by atoms with Gasteiger partial charge in [0.05, 0.1) is 0 Å². The van der Waals surface area contributed by atoms with Gasteiger partial charge in [0.1, 0.15) is 6.61 Å². The first-order valence-corrected chi connectivity index (χ1v) is 6.35. The van der Waals surface area contributed by atoms with Crippen molar-refractivity contribution in [1.82, 2.24) is 0 Å². The fourth-order valence-electron chi connectivity index (χ4n) is 1.06. The maximum absolute atomic E-state index is 9.97. The fraction of sp³-hybridized carbons (Fsp3) is 0.417. The predicted molar refractivity (Wildman–Crippen MR) is 66.6 cm³/mol. The smallest absolute Gasteiger partial charge is 0.240 e. The van der Waals surface area contributed by atoms with Crippen LogP contribution in [0.15, 0.2) is 18.2 Å². The summed E-state index contributed by atoms with van der Waals surface area (Å²) in [7, 11) is -2.01. The minimum atomic E-state index is -2.01. The van der Waals surface area contributed by atoms with Crippen molar-refractivity contribution in [2.24, 2.45) is 0 Å². The van der Waals surface area contributed by atoms with E-state index < -0.39 is 8.03 Å². The van der Waals surface area contributed by atoms with Gasteiger partial charge in [-0.3, -0.25) is 0 Å². The molecule has 1 rings (SSSR count). The van der Waals surface area contributed by atoms with Crippen LogP contribution in [0.25, 0.3) is 0 Å². The summed E-state index contributed by atoms with van der Waals surface area (Å²) in [5.74, 6) is 0. The summed E-state index contributed by atoms with van der Waals surface area (Å²) in [4.78, 5) is 9.49. The van der Waals surface area contributed by atoms with Gasteiger partial charge in [-0.05, 0) is 49.0 Å². The summed E-state index contributed by atoms with van der Waals surface area (Å²) >= 11 is 0. The van der Waals surface area contributed by atoms with Crippen LogP contribution in [0.3, 0.4) is 0 Å². The van der Waals surface area contributed by atoms with Crippen LogP contribution >= 0.6 is 8.03 Å². The molecule has 3 nitrogen and oxygen atoms in total. The van der Waals surface area contributed by atoms with Crippen molar-refractivity contribution in [1.29, 1.82) is 0 Å². The van der Waals surface area contributed by atoms with Gasteiger partial charge < -0.3 is 0 Å². The van der Waals surface area contributed by atoms with Crippen LogP contribution in [0.1, 0.15) is 23.6 Å². The molecule has 0 spiro atoms. The monoisotopic (exact) mass is 241 g/mol. The third-order valence-corrected chi connectivity index (χ3v) is 2.90. The molecule has 0 saturated carbocycles. The topological polar surface area (TPSA) is 43.4 Å². The molecule has 0 N–H and O–H groups in total. The highest BCUT2D eigenvalue weighted by molar-refractivity contribution is 7.56. The lowest BCUT2D eigenvalue weighted by molar-refractivity contribution is 0.357. The number of aryl methyl sites for hydroxylation is 2. The zero-order valence-electron chi connectivity index (χ0n) is 10.2. The second kappa shape index (κ2) is 8.14. The standard InChI is InChI=1S/C9H12.C3H6O3P/c1-7-5-4-6-8(2)9(7)3;1-2-6-7(5)3-4/h4-6H,1-3H3;3H,2H2,1H3/q;+1. The molecule has 0 heterocycles. The molecule has 16 heavy (non-hydrogen) atoms. The number of carbonyl (C=O) groups is 1. The molecular formula is C12H18O3P+. The van der Waals surface area contributed by atoms with Gasteiger partial charge in [0.25, 0.3) is 0 Å². The molecule has 1 aromatic carbocycles. The Kier molecular flexibility index (Phi) is 7.61. The first-order valence-electron chi connectivity index (χ1n) is 5.10. The van der Waals surface area contributed by atoms with Gasteiger partial charge in [-0.25, -0.2) is 4.79 Å². The zero-order chi connectivity index (χ0) is 12.6. The molecular weight excluding hydrogens is 223 g/mol. The first-order chi connectivity index (χ1) is 7.52. The summed E-state index contributed by atoms with van der Waals surface area (Å²) < 4.78 is 14.3. The van der Waals surface area contributed by atoms with Crippen molar-refractivity contribution in [3.8, 4) is 0 Å². The molecule has 1 unspecified atom stereocenters. The Morgan fingerprint density at radius 1 is 1.25 bits per heavy atom. The van der Waals surface area contributed by atoms with Crippen LogP contribution in [0.4, 0.5) is 0 Å². The Bertz CT molecular complexity index is 341. The van der Waals surface area contributed by atoms with Crippen LogP contribution in [0.5, 0.6) is 0 Å². The van der Waals surface area contributed by atoms with Gasteiger partial charge >= 0.3 is 14.1 Å². The fourth-order valence-corrected chi connectivity index (χ4v) is 1.37. The van der Waals surface area contributed by atoms with Crippen molar-refractivity contribution in [3.63, 3.8) is 0 Å². The van der Waals surface area contributed by atoms with Crippen LogP contribution in [0, 0.1) is 20.8 Å². The largest absolute Gasteiger partial charge is 0.584 e. The van der Waals surface area contributed by atoms with E-state index in [1.165, 1.54) is 16.7 Å². The van der Waals surface area contributed by atoms with Crippen molar-refractivity contribution in [2.75, 3.05) is 6.61 Å². The van der Waals surface area contributed by atoms with Gasteiger partial charge in [-0.15, -0.1) is 4.52 Å². The lowest BCUT2D eigenvalue weighted by Gasteiger charge is -2.00. The van der Waals surface area contributed by atoms with E-state index in [4.69, 9.17) is 0 Å². The Hall–Kier alpha value is -1.05. The van der Waals surface area contributed by atoms with Gasteiger partial charge in [0.2, 0.25) is 0 Å². The highest BCUT2D eigenvalue weighted by Crippen LogP contribution is 2.14. The van der Waals surface area contributed by atoms with Gasteiger partial charge in [-0.2, -0.15) is 0 Å². The van der Waals surface area contributed by atoms with Crippen LogP contribution in [-0.2, 0) is 13.9 Å². The van der Waals surface area contributed by atoms with Gasteiger partial charge in [0, 0.05) is 0 Å². The predicted octanol–water partition coefficient (Wildman–Crippen LogP) is 3.57. The highest BCUT2D eigenvalue weighted by Gasteiger charge is 2.11. The Balaban J connectivity index is 0.000000293. The molecule has 0 aliphatic rings. The second-order valence-electron chi connectivity index (χ2n) is 3.33. The van der Waals surface area contributed by atoms with E-state index in [-0.39, 0.29) is 0 Å². The molecule has 88 valence electrons. The van der Waals surface area contributed by atoms with E-state index in [1.54, 1.807) is 6.92 Å². The molecule has 0 aliphatic carbocycles. The highest BCUT2D eigenvalue weighted by atomic mass is 31.1. The van der Waals surface area contributed by atoms with E-state index in [0.29, 0.717) is 12.6 Å². The van der Waals surface area contributed by atoms with Crippen molar-refractivity contribution >= 4 is 14.1 Å². The van der Waals surface area contributed by atoms with Gasteiger partial charge in [-0.1, -0.05) is 18.2 Å². The minimum absolute atomic E-state index is 0.291. The van der Waals surface area contributed by atoms with Crippen molar-refractivity contribution in [3.05, 3.63) is 34.9 Å². The van der Waals surface area contributed by atoms with Gasteiger partial charge in [0.15, 0.2) is 0 Å². The molecule has 1 atom stereocenters. The molecule has 0 aliphatic heterocycles. The number of rotatable bonds is 3. The Morgan fingerprint density at radius 3 is 2.00 bits per heavy atom. The Morgan fingerprint density at radius 2 is 1.75 bits per heavy atom. The second-order valence-corrected chi connectivity index (χ2v) is 4.37. The van der Waals surface area contributed by atoms with Crippen molar-refractivity contribution < 1.29 is 13.9 Å². The molecule has 0 radical (unpaired) electrons. The summed E-state index contributed by atoms with van der Waals surface area (Å²) in [6, 6.07) is 6.67. The lowest BCUT2D eigenvalue weighted by Crippen LogP contribution is -1.82. The molecule has 0 aromatic heterocycles. The summed E-state index contributed by atoms with van der Waals surface area (Å²) in [6.45, 7) is 8.44. The third-order valence-electron chi connectivity index (χ3n) is 2.22. The molecule has 0 saturated heterocycles. The molecule has 1 aromatic rings. The molecule has 0 bridgehead atoms. The zero-order valence-corrected chi connectivity index (χ0v) is 11.1. The molecule has 0 amide bonds. The number of hydrogen-bond acceptors (Lipinski definition) is 3. The number of benzene rings is 1. The number of carbonyl (C=O) groups excluding carboxylic acids is 1. The van der Waals surface area contributed by atoms with Crippen LogP contribution in [-0.4, -0.2) is 12.6 Å². The molecule has 4 heteroatoms. The number of hydrogen-bond donors (Lipinski definition) is 0. The SMILES string of the molecule is CCO[P+](=O)C=O.Cc1cccc(C)c1C. The average molecular weight is 241 g/mol. The van der Waals surface area contributed by atoms with Crippen LogP contribution < -0.4 is 0 Å². The minimum Gasteiger partial charge on any atom is -0.240 e. The summed E-state index contributed by atoms with van der Waals surface area (Å²) in [5.41, 5.74) is 4.18. The van der Waals surface area contributed by atoms with E-state index in [2.05, 4.69) is 43.5 Å². The Labute approximate surface area is 97.7 Å². The lowest BCUT2D eigenvalue weighted by atomic mass is 10.1. The van der Waals surface area contributed by atoms with Crippen molar-refractivity contribution in [2.45, 2.75) is 27.7 Å².